The molecule has 0 spiro atoms. The molecule has 2 rings (SSSR count). The summed E-state index contributed by atoms with van der Waals surface area (Å²) in [7, 11) is 0. The molecule has 1 aliphatic carbocycles. The minimum absolute atomic E-state index is 0.00935. The van der Waals surface area contributed by atoms with Crippen LogP contribution in [0, 0.1) is 0 Å². The lowest BCUT2D eigenvalue weighted by Crippen LogP contribution is -2.42. The number of halogens is 5. The van der Waals surface area contributed by atoms with Crippen LogP contribution >= 0.6 is 31.9 Å². The Morgan fingerprint density at radius 1 is 1.24 bits per heavy atom. The average Bonchev–Trinajstić information content (AvgIpc) is 2.40. The number of amides is 1. The Morgan fingerprint density at radius 3 is 2.52 bits per heavy atom. The smallest absolute Gasteiger partial charge is 0.348 e. The highest BCUT2D eigenvalue weighted by atomic mass is 79.9. The van der Waals surface area contributed by atoms with Gasteiger partial charge in [-0.15, -0.1) is 0 Å². The van der Waals surface area contributed by atoms with Gasteiger partial charge in [-0.2, -0.15) is 13.2 Å². The quantitative estimate of drug-likeness (QED) is 0.666. The molecular formula is C14H14Br2F3NO. The fraction of sp³-hybridized carbons (Fsp3) is 0.500. The average molecular weight is 429 g/mol. The van der Waals surface area contributed by atoms with E-state index in [1.54, 1.807) is 0 Å². The SMILES string of the molecule is O=C(NC1CCCCC1Br)c1cc(C(F)(F)F)ccc1Br. The van der Waals surface area contributed by atoms with E-state index in [1.807, 2.05) is 0 Å². The molecule has 1 aromatic rings. The molecule has 0 radical (unpaired) electrons. The summed E-state index contributed by atoms with van der Waals surface area (Å²) in [5.74, 6) is -0.482. The van der Waals surface area contributed by atoms with Gasteiger partial charge in [0.1, 0.15) is 0 Å². The molecule has 0 bridgehead atoms. The van der Waals surface area contributed by atoms with E-state index < -0.39 is 17.6 Å². The normalized spacial score (nSPS) is 22.9. The second-order valence-corrected chi connectivity index (χ2v) is 7.10. The largest absolute Gasteiger partial charge is 0.416 e. The van der Waals surface area contributed by atoms with Gasteiger partial charge in [0.05, 0.1) is 11.1 Å². The van der Waals surface area contributed by atoms with Crippen LogP contribution in [0.15, 0.2) is 22.7 Å². The zero-order valence-electron chi connectivity index (χ0n) is 11.0. The molecule has 0 saturated heterocycles. The van der Waals surface area contributed by atoms with Crippen molar-refractivity contribution < 1.29 is 18.0 Å². The summed E-state index contributed by atoms with van der Waals surface area (Å²) in [5, 5.41) is 2.82. The van der Waals surface area contributed by atoms with E-state index >= 15 is 0 Å². The summed E-state index contributed by atoms with van der Waals surface area (Å²) in [6, 6.07) is 3.04. The van der Waals surface area contributed by atoms with Gasteiger partial charge in [-0.25, -0.2) is 0 Å². The van der Waals surface area contributed by atoms with Crippen LogP contribution in [0.5, 0.6) is 0 Å². The first-order chi connectivity index (χ1) is 9.79. The van der Waals surface area contributed by atoms with E-state index in [9.17, 15) is 18.0 Å². The van der Waals surface area contributed by atoms with Gasteiger partial charge in [-0.1, -0.05) is 28.8 Å². The topological polar surface area (TPSA) is 29.1 Å². The summed E-state index contributed by atoms with van der Waals surface area (Å²) >= 11 is 6.65. The van der Waals surface area contributed by atoms with Crippen LogP contribution in [0.2, 0.25) is 0 Å². The Labute approximate surface area is 137 Å². The molecule has 2 atom stereocenters. The molecule has 1 aliphatic rings. The highest BCUT2D eigenvalue weighted by Gasteiger charge is 2.32. The molecule has 0 heterocycles. The maximum Gasteiger partial charge on any atom is 0.416 e. The first-order valence-corrected chi connectivity index (χ1v) is 8.31. The number of rotatable bonds is 2. The summed E-state index contributed by atoms with van der Waals surface area (Å²) in [4.78, 5) is 12.4. The van der Waals surface area contributed by atoms with E-state index in [-0.39, 0.29) is 16.4 Å². The highest BCUT2D eigenvalue weighted by Crippen LogP contribution is 2.32. The maximum atomic E-state index is 12.7. The minimum Gasteiger partial charge on any atom is -0.348 e. The molecule has 0 aromatic heterocycles. The van der Waals surface area contributed by atoms with E-state index in [4.69, 9.17) is 0 Å². The molecule has 1 aromatic carbocycles. The first kappa shape index (κ1) is 16.8. The van der Waals surface area contributed by atoms with Crippen molar-refractivity contribution in [2.24, 2.45) is 0 Å². The summed E-state index contributed by atoms with van der Waals surface area (Å²) < 4.78 is 38.5. The third-order valence-electron chi connectivity index (χ3n) is 3.54. The predicted octanol–water partition coefficient (Wildman–Crippen LogP) is 4.90. The number of nitrogens with one attached hydrogen (secondary N) is 1. The van der Waals surface area contributed by atoms with Crippen LogP contribution in [0.1, 0.15) is 41.6 Å². The second kappa shape index (κ2) is 6.69. The first-order valence-electron chi connectivity index (χ1n) is 6.60. The Balaban J connectivity index is 2.18. The van der Waals surface area contributed by atoms with Crippen LogP contribution in [0.3, 0.4) is 0 Å². The fourth-order valence-electron chi connectivity index (χ4n) is 2.37. The molecule has 21 heavy (non-hydrogen) atoms. The molecule has 116 valence electrons. The number of hydrogen-bond donors (Lipinski definition) is 1. The van der Waals surface area contributed by atoms with Gasteiger partial charge in [-0.05, 0) is 47.0 Å². The molecular weight excluding hydrogens is 415 g/mol. The van der Waals surface area contributed by atoms with E-state index in [1.165, 1.54) is 6.07 Å². The highest BCUT2D eigenvalue weighted by molar-refractivity contribution is 9.10. The molecule has 2 unspecified atom stereocenters. The van der Waals surface area contributed by atoms with Gasteiger partial charge < -0.3 is 5.32 Å². The molecule has 2 nitrogen and oxygen atoms in total. The second-order valence-electron chi connectivity index (χ2n) is 5.07. The van der Waals surface area contributed by atoms with Crippen LogP contribution < -0.4 is 5.32 Å². The van der Waals surface area contributed by atoms with Crippen LogP contribution in [0.4, 0.5) is 13.2 Å². The minimum atomic E-state index is -4.46. The monoisotopic (exact) mass is 427 g/mol. The van der Waals surface area contributed by atoms with Crippen molar-refractivity contribution >= 4 is 37.8 Å². The maximum absolute atomic E-state index is 12.7. The standard InChI is InChI=1S/C14H14Br2F3NO/c15-10-6-5-8(14(17,18)19)7-9(10)13(21)20-12-4-2-1-3-11(12)16/h5-7,11-12H,1-4H2,(H,20,21). The van der Waals surface area contributed by atoms with Crippen LogP contribution in [0.25, 0.3) is 0 Å². The summed E-state index contributed by atoms with van der Waals surface area (Å²) in [6.45, 7) is 0. The van der Waals surface area contributed by atoms with Gasteiger partial charge >= 0.3 is 6.18 Å². The van der Waals surface area contributed by atoms with Gasteiger partial charge in [0, 0.05) is 15.3 Å². The van der Waals surface area contributed by atoms with Crippen molar-refractivity contribution in [3.05, 3.63) is 33.8 Å². The van der Waals surface area contributed by atoms with Crippen molar-refractivity contribution in [2.45, 2.75) is 42.7 Å². The third-order valence-corrected chi connectivity index (χ3v) is 5.32. The summed E-state index contributed by atoms with van der Waals surface area (Å²) in [6.07, 6.45) is -0.572. The van der Waals surface area contributed by atoms with Gasteiger partial charge in [0.25, 0.3) is 5.91 Å². The molecule has 1 saturated carbocycles. The third kappa shape index (κ3) is 4.22. The van der Waals surface area contributed by atoms with Gasteiger partial charge in [0.15, 0.2) is 0 Å². The van der Waals surface area contributed by atoms with Gasteiger partial charge in [0.2, 0.25) is 0 Å². The van der Waals surface area contributed by atoms with Crippen molar-refractivity contribution in [3.8, 4) is 0 Å². The number of benzene rings is 1. The molecule has 1 amide bonds. The molecule has 0 aliphatic heterocycles. The lowest BCUT2D eigenvalue weighted by Gasteiger charge is -2.28. The van der Waals surface area contributed by atoms with Gasteiger partial charge in [-0.3, -0.25) is 4.79 Å². The van der Waals surface area contributed by atoms with Crippen molar-refractivity contribution in [1.29, 1.82) is 0 Å². The lowest BCUT2D eigenvalue weighted by molar-refractivity contribution is -0.137. The Morgan fingerprint density at radius 2 is 1.90 bits per heavy atom. The van der Waals surface area contributed by atoms with Crippen LogP contribution in [-0.4, -0.2) is 16.8 Å². The lowest BCUT2D eigenvalue weighted by atomic mass is 9.95. The number of carbonyl (C=O) groups is 1. The Bertz CT molecular complexity index is 533. The van der Waals surface area contributed by atoms with E-state index in [2.05, 4.69) is 37.2 Å². The Hall–Kier alpha value is -0.560. The zero-order valence-corrected chi connectivity index (χ0v) is 14.2. The number of hydrogen-bond acceptors (Lipinski definition) is 1. The predicted molar refractivity (Wildman–Crippen MR) is 81.6 cm³/mol. The zero-order chi connectivity index (χ0) is 15.6. The van der Waals surface area contributed by atoms with Crippen LogP contribution in [-0.2, 0) is 6.18 Å². The Kier molecular flexibility index (Phi) is 5.35. The van der Waals surface area contributed by atoms with Crippen molar-refractivity contribution in [2.75, 3.05) is 0 Å². The van der Waals surface area contributed by atoms with Crippen molar-refractivity contribution in [3.63, 3.8) is 0 Å². The molecule has 1 fully saturated rings. The fourth-order valence-corrected chi connectivity index (χ4v) is 3.52. The van der Waals surface area contributed by atoms with E-state index in [0.717, 1.165) is 37.8 Å². The van der Waals surface area contributed by atoms with E-state index in [0.29, 0.717) is 4.47 Å². The number of carbonyl (C=O) groups excluding carboxylic acids is 1. The summed E-state index contributed by atoms with van der Waals surface area (Å²) in [5.41, 5.74) is -0.815. The molecule has 1 N–H and O–H groups in total. The van der Waals surface area contributed by atoms with Crippen molar-refractivity contribution in [1.82, 2.24) is 5.32 Å². The molecule has 7 heteroatoms. The number of alkyl halides is 4.